The van der Waals surface area contributed by atoms with E-state index < -0.39 is 0 Å². The van der Waals surface area contributed by atoms with Crippen molar-refractivity contribution in [2.24, 2.45) is 0 Å². The van der Waals surface area contributed by atoms with E-state index in [0.717, 1.165) is 18.8 Å². The van der Waals surface area contributed by atoms with Crippen LogP contribution in [0.5, 0.6) is 5.75 Å². The van der Waals surface area contributed by atoms with Crippen molar-refractivity contribution in [3.8, 4) is 5.75 Å². The Balaban J connectivity index is 1.48. The van der Waals surface area contributed by atoms with Gasteiger partial charge in [0.2, 0.25) is 0 Å². The molecule has 0 aliphatic heterocycles. The second-order valence-corrected chi connectivity index (χ2v) is 5.72. The molecule has 1 N–H and O–H groups in total. The summed E-state index contributed by atoms with van der Waals surface area (Å²) in [5.41, 5.74) is 2.52. The van der Waals surface area contributed by atoms with Crippen LogP contribution in [0.15, 0.2) is 36.7 Å². The van der Waals surface area contributed by atoms with Gasteiger partial charge in [0, 0.05) is 24.8 Å². The zero-order valence-electron chi connectivity index (χ0n) is 12.6. The first-order chi connectivity index (χ1) is 10.3. The highest BCUT2D eigenvalue weighted by molar-refractivity contribution is 5.27. The number of ether oxygens (including phenoxy) is 1. The molecule has 4 heteroatoms. The lowest BCUT2D eigenvalue weighted by atomic mass is 10.2. The van der Waals surface area contributed by atoms with Crippen LogP contribution in [-0.4, -0.2) is 16.9 Å². The smallest absolute Gasteiger partial charge is 0.118 e. The lowest BCUT2D eigenvalue weighted by Gasteiger charge is -2.08. The van der Waals surface area contributed by atoms with Gasteiger partial charge in [-0.3, -0.25) is 4.68 Å². The van der Waals surface area contributed by atoms with Gasteiger partial charge in [-0.05, 0) is 30.5 Å². The quantitative estimate of drug-likeness (QED) is 0.885. The molecule has 1 aromatic heterocycles. The van der Waals surface area contributed by atoms with Crippen molar-refractivity contribution in [1.82, 2.24) is 15.1 Å². The van der Waals surface area contributed by atoms with Crippen LogP contribution in [0.1, 0.15) is 42.9 Å². The average molecular weight is 285 g/mol. The summed E-state index contributed by atoms with van der Waals surface area (Å²) < 4.78 is 7.31. The summed E-state index contributed by atoms with van der Waals surface area (Å²) in [6.07, 6.45) is 9.42. The van der Waals surface area contributed by atoms with E-state index in [1.807, 2.05) is 18.3 Å². The number of nitrogens with zero attached hydrogens (tertiary/aromatic N) is 2. The summed E-state index contributed by atoms with van der Waals surface area (Å²) in [6.45, 7) is 1.72. The molecule has 0 amide bonds. The zero-order valence-corrected chi connectivity index (χ0v) is 12.6. The molecule has 1 aliphatic rings. The number of benzene rings is 1. The van der Waals surface area contributed by atoms with Gasteiger partial charge in [0.05, 0.1) is 19.3 Å². The van der Waals surface area contributed by atoms with Crippen LogP contribution in [0.4, 0.5) is 0 Å². The van der Waals surface area contributed by atoms with Gasteiger partial charge in [-0.25, -0.2) is 0 Å². The molecular weight excluding hydrogens is 262 g/mol. The van der Waals surface area contributed by atoms with Crippen molar-refractivity contribution in [2.75, 3.05) is 7.11 Å². The SMILES string of the molecule is COc1ccc(CNCc2cnn(C3CCCC3)c2)cc1. The Kier molecular flexibility index (Phi) is 4.55. The lowest BCUT2D eigenvalue weighted by Crippen LogP contribution is -2.12. The van der Waals surface area contributed by atoms with Gasteiger partial charge in [-0.2, -0.15) is 5.10 Å². The fourth-order valence-corrected chi connectivity index (χ4v) is 2.93. The number of methoxy groups -OCH3 is 1. The van der Waals surface area contributed by atoms with Gasteiger partial charge < -0.3 is 10.1 Å². The summed E-state index contributed by atoms with van der Waals surface area (Å²) in [5, 5.41) is 7.97. The van der Waals surface area contributed by atoms with Gasteiger partial charge in [-0.15, -0.1) is 0 Å². The fourth-order valence-electron chi connectivity index (χ4n) is 2.93. The van der Waals surface area contributed by atoms with Crippen molar-refractivity contribution < 1.29 is 4.74 Å². The van der Waals surface area contributed by atoms with Gasteiger partial charge >= 0.3 is 0 Å². The van der Waals surface area contributed by atoms with E-state index in [0.29, 0.717) is 6.04 Å². The topological polar surface area (TPSA) is 39.1 Å². The van der Waals surface area contributed by atoms with Gasteiger partial charge in [0.15, 0.2) is 0 Å². The summed E-state index contributed by atoms with van der Waals surface area (Å²) in [4.78, 5) is 0. The maximum absolute atomic E-state index is 5.16. The molecule has 21 heavy (non-hydrogen) atoms. The molecule has 1 heterocycles. The molecule has 0 unspecified atom stereocenters. The van der Waals surface area contributed by atoms with Gasteiger partial charge in [0.1, 0.15) is 5.75 Å². The molecule has 3 rings (SSSR count). The molecule has 1 saturated carbocycles. The van der Waals surface area contributed by atoms with Crippen LogP contribution >= 0.6 is 0 Å². The summed E-state index contributed by atoms with van der Waals surface area (Å²) in [6, 6.07) is 8.80. The van der Waals surface area contributed by atoms with Crippen LogP contribution < -0.4 is 10.1 Å². The van der Waals surface area contributed by atoms with E-state index in [-0.39, 0.29) is 0 Å². The highest BCUT2D eigenvalue weighted by Gasteiger charge is 2.17. The summed E-state index contributed by atoms with van der Waals surface area (Å²) in [7, 11) is 1.69. The normalized spacial score (nSPS) is 15.5. The molecule has 1 aliphatic carbocycles. The Morgan fingerprint density at radius 1 is 1.14 bits per heavy atom. The fraction of sp³-hybridized carbons (Fsp3) is 0.471. The number of nitrogens with one attached hydrogen (secondary N) is 1. The minimum absolute atomic E-state index is 0.625. The van der Waals surface area contributed by atoms with E-state index in [1.165, 1.54) is 36.8 Å². The highest BCUT2D eigenvalue weighted by atomic mass is 16.5. The van der Waals surface area contributed by atoms with Crippen LogP contribution in [0, 0.1) is 0 Å². The molecule has 0 radical (unpaired) electrons. The van der Waals surface area contributed by atoms with Crippen LogP contribution in [-0.2, 0) is 13.1 Å². The van der Waals surface area contributed by atoms with Gasteiger partial charge in [-0.1, -0.05) is 25.0 Å². The maximum Gasteiger partial charge on any atom is 0.118 e. The van der Waals surface area contributed by atoms with Crippen molar-refractivity contribution in [2.45, 2.75) is 44.8 Å². The van der Waals surface area contributed by atoms with Crippen molar-refractivity contribution in [3.05, 3.63) is 47.8 Å². The average Bonchev–Trinajstić information content (AvgIpc) is 3.19. The van der Waals surface area contributed by atoms with Crippen LogP contribution in [0.25, 0.3) is 0 Å². The first-order valence-electron chi connectivity index (χ1n) is 7.72. The largest absolute Gasteiger partial charge is 0.497 e. The standard InChI is InChI=1S/C17H23N3O/c1-21-17-8-6-14(7-9-17)10-18-11-15-12-19-20(13-15)16-4-2-3-5-16/h6-9,12-13,16,18H,2-5,10-11H2,1H3. The molecule has 2 aromatic rings. The molecular formula is C17H23N3O. The molecule has 0 bridgehead atoms. The van der Waals surface area contributed by atoms with Crippen molar-refractivity contribution in [1.29, 1.82) is 0 Å². The molecule has 0 spiro atoms. The van der Waals surface area contributed by atoms with Crippen molar-refractivity contribution >= 4 is 0 Å². The van der Waals surface area contributed by atoms with Crippen LogP contribution in [0.2, 0.25) is 0 Å². The Morgan fingerprint density at radius 3 is 2.57 bits per heavy atom. The van der Waals surface area contributed by atoms with E-state index in [2.05, 4.69) is 33.4 Å². The second-order valence-electron chi connectivity index (χ2n) is 5.72. The summed E-state index contributed by atoms with van der Waals surface area (Å²) >= 11 is 0. The van der Waals surface area contributed by atoms with E-state index in [9.17, 15) is 0 Å². The molecule has 0 atom stereocenters. The lowest BCUT2D eigenvalue weighted by molar-refractivity contribution is 0.414. The van der Waals surface area contributed by atoms with Crippen molar-refractivity contribution in [3.63, 3.8) is 0 Å². The number of hydrogen-bond donors (Lipinski definition) is 1. The third kappa shape index (κ3) is 3.64. The molecule has 1 aromatic carbocycles. The molecule has 112 valence electrons. The molecule has 1 fully saturated rings. The molecule has 0 saturated heterocycles. The Hall–Kier alpha value is -1.81. The third-order valence-electron chi connectivity index (χ3n) is 4.17. The van der Waals surface area contributed by atoms with E-state index in [4.69, 9.17) is 4.74 Å². The Morgan fingerprint density at radius 2 is 1.86 bits per heavy atom. The minimum atomic E-state index is 0.625. The molecule has 4 nitrogen and oxygen atoms in total. The first-order valence-corrected chi connectivity index (χ1v) is 7.72. The predicted molar refractivity (Wildman–Crippen MR) is 83.3 cm³/mol. The third-order valence-corrected chi connectivity index (χ3v) is 4.17. The Labute approximate surface area is 126 Å². The van der Waals surface area contributed by atoms with Crippen LogP contribution in [0.3, 0.4) is 0 Å². The van der Waals surface area contributed by atoms with E-state index in [1.54, 1.807) is 7.11 Å². The van der Waals surface area contributed by atoms with E-state index >= 15 is 0 Å². The monoisotopic (exact) mass is 285 g/mol. The Bertz CT molecular complexity index is 556. The second kappa shape index (κ2) is 6.76. The number of rotatable bonds is 6. The highest BCUT2D eigenvalue weighted by Crippen LogP contribution is 2.28. The first kappa shape index (κ1) is 14.1. The predicted octanol–water partition coefficient (Wildman–Crippen LogP) is 3.30. The zero-order chi connectivity index (χ0) is 14.5. The summed E-state index contributed by atoms with van der Waals surface area (Å²) in [5.74, 6) is 0.900. The van der Waals surface area contributed by atoms with Gasteiger partial charge in [0.25, 0.3) is 0 Å². The number of aromatic nitrogens is 2. The minimum Gasteiger partial charge on any atom is -0.497 e. The number of hydrogen-bond acceptors (Lipinski definition) is 3. The maximum atomic E-state index is 5.16.